The molecule has 0 amide bonds. The van der Waals surface area contributed by atoms with Crippen molar-refractivity contribution in [3.8, 4) is 0 Å². The van der Waals surface area contributed by atoms with Crippen LogP contribution in [0.4, 0.5) is 0 Å². The van der Waals surface area contributed by atoms with Gasteiger partial charge in [0.2, 0.25) is 0 Å². The topological polar surface area (TPSA) is 12.0 Å². The molecule has 0 atom stereocenters. The maximum Gasteiger partial charge on any atom is 0 e. The summed E-state index contributed by atoms with van der Waals surface area (Å²) in [5.41, 5.74) is 0. The van der Waals surface area contributed by atoms with Crippen LogP contribution in [0, 0.1) is 0 Å². The molecular formula is C6H19N. The number of nitrogens with one attached hydrogen (secondary N) is 1. The second kappa shape index (κ2) is 16.7. The Balaban J connectivity index is -0.0000000750. The fourth-order valence-corrected chi connectivity index (χ4v) is 0.250. The normalized spacial score (nSPS) is 6.86. The Kier molecular flexibility index (Phi) is 24.0. The van der Waals surface area contributed by atoms with E-state index in [-0.39, 0.29) is 1.43 Å². The second-order valence-electron chi connectivity index (χ2n) is 1.10. The minimum atomic E-state index is 0. The van der Waals surface area contributed by atoms with E-state index in [2.05, 4.69) is 12.2 Å². The van der Waals surface area contributed by atoms with Crippen LogP contribution in [0.25, 0.3) is 0 Å². The monoisotopic (exact) mass is 105 g/mol. The van der Waals surface area contributed by atoms with Crippen LogP contribution < -0.4 is 5.32 Å². The molecule has 0 bridgehead atoms. The predicted octanol–water partition coefficient (Wildman–Crippen LogP) is 1.89. The van der Waals surface area contributed by atoms with E-state index in [0.29, 0.717) is 0 Å². The predicted molar refractivity (Wildman–Crippen MR) is 37.7 cm³/mol. The summed E-state index contributed by atoms with van der Waals surface area (Å²) >= 11 is 0. The Morgan fingerprint density at radius 2 is 1.86 bits per heavy atom. The molecule has 0 radical (unpaired) electrons. The summed E-state index contributed by atoms with van der Waals surface area (Å²) in [6, 6.07) is 0. The van der Waals surface area contributed by atoms with Crippen LogP contribution in [-0.4, -0.2) is 13.6 Å². The maximum atomic E-state index is 3.02. The first-order valence-electron chi connectivity index (χ1n) is 3.06. The van der Waals surface area contributed by atoms with Crippen molar-refractivity contribution in [3.63, 3.8) is 0 Å². The van der Waals surface area contributed by atoms with Gasteiger partial charge in [-0.3, -0.25) is 0 Å². The van der Waals surface area contributed by atoms with Crippen LogP contribution in [0.15, 0.2) is 0 Å². The summed E-state index contributed by atoms with van der Waals surface area (Å²) in [5.74, 6) is 0. The molecule has 0 aromatic carbocycles. The van der Waals surface area contributed by atoms with Gasteiger partial charge in [-0.15, -0.1) is 0 Å². The van der Waals surface area contributed by atoms with Crippen molar-refractivity contribution in [2.45, 2.75) is 27.2 Å². The molecule has 0 saturated carbocycles. The van der Waals surface area contributed by atoms with Crippen molar-refractivity contribution in [1.82, 2.24) is 5.32 Å². The third kappa shape index (κ3) is 24.3. The third-order valence-electron chi connectivity index (χ3n) is 0.500. The molecule has 48 valence electrons. The van der Waals surface area contributed by atoms with Gasteiger partial charge in [-0.1, -0.05) is 20.8 Å². The van der Waals surface area contributed by atoms with Gasteiger partial charge in [-0.25, -0.2) is 0 Å². The Labute approximate surface area is 48.6 Å². The van der Waals surface area contributed by atoms with Gasteiger partial charge in [0.15, 0.2) is 0 Å². The first-order chi connectivity index (χ1) is 3.41. The molecule has 7 heavy (non-hydrogen) atoms. The number of rotatable bonds is 2. The van der Waals surface area contributed by atoms with E-state index in [1.807, 2.05) is 20.9 Å². The van der Waals surface area contributed by atoms with E-state index in [0.717, 1.165) is 6.54 Å². The van der Waals surface area contributed by atoms with Crippen LogP contribution in [0.2, 0.25) is 0 Å². The first kappa shape index (κ1) is 10.0. The smallest absolute Gasteiger partial charge is 0 e. The molecule has 0 aliphatic heterocycles. The molecule has 0 unspecified atom stereocenters. The molecule has 1 N–H and O–H groups in total. The van der Waals surface area contributed by atoms with Crippen molar-refractivity contribution in [2.75, 3.05) is 13.6 Å². The average Bonchev–Trinajstić information content (AvgIpc) is 1.75. The molecule has 0 aliphatic rings. The van der Waals surface area contributed by atoms with Crippen LogP contribution in [0.5, 0.6) is 0 Å². The third-order valence-corrected chi connectivity index (χ3v) is 0.500. The van der Waals surface area contributed by atoms with Crippen molar-refractivity contribution < 1.29 is 1.43 Å². The van der Waals surface area contributed by atoms with Crippen molar-refractivity contribution >= 4 is 0 Å². The van der Waals surface area contributed by atoms with Gasteiger partial charge < -0.3 is 5.32 Å². The minimum absolute atomic E-state index is 0. The lowest BCUT2D eigenvalue weighted by Crippen LogP contribution is -2.04. The van der Waals surface area contributed by atoms with Crippen LogP contribution >= 0.6 is 0 Å². The quantitative estimate of drug-likeness (QED) is 0.565. The molecule has 1 nitrogen and oxygen atoms in total. The molecule has 0 aliphatic carbocycles. The second-order valence-corrected chi connectivity index (χ2v) is 1.10. The Hall–Kier alpha value is -0.0400. The summed E-state index contributed by atoms with van der Waals surface area (Å²) in [6.07, 6.45) is 1.23. The highest BCUT2D eigenvalue weighted by Crippen LogP contribution is 1.62. The van der Waals surface area contributed by atoms with Gasteiger partial charge in [0, 0.05) is 1.43 Å². The van der Waals surface area contributed by atoms with E-state index in [4.69, 9.17) is 0 Å². The Morgan fingerprint density at radius 3 is 1.86 bits per heavy atom. The van der Waals surface area contributed by atoms with E-state index in [1.165, 1.54) is 6.42 Å². The zero-order chi connectivity index (χ0) is 6.12. The van der Waals surface area contributed by atoms with Crippen molar-refractivity contribution in [2.24, 2.45) is 0 Å². The van der Waals surface area contributed by atoms with Crippen LogP contribution in [0.3, 0.4) is 0 Å². The van der Waals surface area contributed by atoms with Gasteiger partial charge >= 0.3 is 0 Å². The summed E-state index contributed by atoms with van der Waals surface area (Å²) in [5, 5.41) is 3.02. The average molecular weight is 105 g/mol. The molecule has 0 saturated heterocycles. The van der Waals surface area contributed by atoms with E-state index in [9.17, 15) is 0 Å². The fraction of sp³-hybridized carbons (Fsp3) is 1.00. The molecule has 0 aromatic rings. The lowest BCUT2D eigenvalue weighted by atomic mass is 10.5. The molecule has 0 rings (SSSR count). The van der Waals surface area contributed by atoms with E-state index in [1.54, 1.807) is 0 Å². The minimum Gasteiger partial charge on any atom is -0.320 e. The summed E-state index contributed by atoms with van der Waals surface area (Å²) in [6.45, 7) is 7.29. The first-order valence-corrected chi connectivity index (χ1v) is 3.06. The number of hydrogen-bond donors (Lipinski definition) is 1. The molecule has 0 fully saturated rings. The van der Waals surface area contributed by atoms with E-state index >= 15 is 0 Å². The summed E-state index contributed by atoms with van der Waals surface area (Å²) < 4.78 is 0. The summed E-state index contributed by atoms with van der Waals surface area (Å²) in [4.78, 5) is 0. The van der Waals surface area contributed by atoms with Gasteiger partial charge in [0.1, 0.15) is 0 Å². The molecular weight excluding hydrogens is 86.1 g/mol. The largest absolute Gasteiger partial charge is 0.320 e. The van der Waals surface area contributed by atoms with Crippen LogP contribution in [-0.2, 0) is 0 Å². The number of hydrogen-bond acceptors (Lipinski definition) is 1. The summed E-state index contributed by atoms with van der Waals surface area (Å²) in [7, 11) is 1.96. The standard InChI is InChI=1S/C4H11N.C2H6.H2/c1-3-4-5-2;1-2;/h5H,3-4H2,1-2H3;1-2H3;1H. The van der Waals surface area contributed by atoms with Gasteiger partial charge in [-0.2, -0.15) is 0 Å². The lowest BCUT2D eigenvalue weighted by molar-refractivity contribution is 0.772. The fourth-order valence-electron chi connectivity index (χ4n) is 0.250. The molecule has 0 heterocycles. The van der Waals surface area contributed by atoms with Gasteiger partial charge in [0.05, 0.1) is 0 Å². The molecule has 1 heteroatoms. The van der Waals surface area contributed by atoms with Crippen LogP contribution in [0.1, 0.15) is 28.6 Å². The maximum absolute atomic E-state index is 3.02. The van der Waals surface area contributed by atoms with Gasteiger partial charge in [0.25, 0.3) is 0 Å². The van der Waals surface area contributed by atoms with Crippen molar-refractivity contribution in [3.05, 3.63) is 0 Å². The highest BCUT2D eigenvalue weighted by atomic mass is 14.8. The highest BCUT2D eigenvalue weighted by molar-refractivity contribution is 4.28. The lowest BCUT2D eigenvalue weighted by Gasteiger charge is -1.84. The van der Waals surface area contributed by atoms with E-state index < -0.39 is 0 Å². The zero-order valence-electron chi connectivity index (χ0n) is 5.91. The molecule has 0 aromatic heterocycles. The zero-order valence-corrected chi connectivity index (χ0v) is 5.91. The van der Waals surface area contributed by atoms with Crippen molar-refractivity contribution in [1.29, 1.82) is 0 Å². The highest BCUT2D eigenvalue weighted by Gasteiger charge is 1.64. The SMILES string of the molecule is CC.CCCNC.[HH]. The Bertz CT molecular complexity index is 16.0. The molecule has 0 spiro atoms. The Morgan fingerprint density at radius 1 is 1.43 bits per heavy atom. The van der Waals surface area contributed by atoms with Gasteiger partial charge in [-0.05, 0) is 20.0 Å².